The van der Waals surface area contributed by atoms with Crippen LogP contribution in [0.2, 0.25) is 0 Å². The highest BCUT2D eigenvalue weighted by molar-refractivity contribution is 5.24. The molecule has 3 nitrogen and oxygen atoms in total. The molecule has 0 radical (unpaired) electrons. The Morgan fingerprint density at radius 2 is 1.75 bits per heavy atom. The number of rotatable bonds is 3. The van der Waals surface area contributed by atoms with E-state index in [4.69, 9.17) is 5.26 Å². The van der Waals surface area contributed by atoms with E-state index >= 15 is 0 Å². The van der Waals surface area contributed by atoms with Gasteiger partial charge in [0.1, 0.15) is 0 Å². The van der Waals surface area contributed by atoms with Crippen LogP contribution in [0.15, 0.2) is 24.3 Å². The molecule has 3 heteroatoms. The Morgan fingerprint density at radius 1 is 1.12 bits per heavy atom. The molecular weight excluding hydrogens is 198 g/mol. The highest BCUT2D eigenvalue weighted by Gasteiger charge is 2.09. The molecule has 0 aromatic heterocycles. The molecule has 0 atom stereocenters. The van der Waals surface area contributed by atoms with Crippen LogP contribution < -0.4 is 5.32 Å². The van der Waals surface area contributed by atoms with Crippen molar-refractivity contribution >= 4 is 0 Å². The fourth-order valence-electron chi connectivity index (χ4n) is 1.98. The smallest absolute Gasteiger partial charge is 0.0669 e. The molecule has 1 aromatic carbocycles. The predicted octanol–water partition coefficient (Wildman–Crippen LogP) is 1.16. The Hall–Kier alpha value is -1.37. The molecule has 0 bridgehead atoms. The van der Waals surface area contributed by atoms with E-state index in [1.807, 2.05) is 0 Å². The van der Waals surface area contributed by atoms with E-state index in [0.29, 0.717) is 6.42 Å². The van der Waals surface area contributed by atoms with Crippen LogP contribution in [0.5, 0.6) is 0 Å². The second kappa shape index (κ2) is 5.64. The van der Waals surface area contributed by atoms with Crippen molar-refractivity contribution in [1.29, 1.82) is 5.26 Å². The summed E-state index contributed by atoms with van der Waals surface area (Å²) >= 11 is 0. The SMILES string of the molecule is N#CCc1ccc(CN2CCNCC2)cc1. The van der Waals surface area contributed by atoms with Gasteiger partial charge in [-0.15, -0.1) is 0 Å². The van der Waals surface area contributed by atoms with Gasteiger partial charge in [-0.05, 0) is 11.1 Å². The van der Waals surface area contributed by atoms with E-state index in [-0.39, 0.29) is 0 Å². The van der Waals surface area contributed by atoms with Crippen LogP contribution in [-0.4, -0.2) is 31.1 Å². The average molecular weight is 215 g/mol. The molecule has 1 aliphatic rings. The summed E-state index contributed by atoms with van der Waals surface area (Å²) in [6, 6.07) is 10.5. The maximum Gasteiger partial charge on any atom is 0.0669 e. The van der Waals surface area contributed by atoms with Crippen LogP contribution >= 0.6 is 0 Å². The lowest BCUT2D eigenvalue weighted by Gasteiger charge is -2.27. The first-order valence-corrected chi connectivity index (χ1v) is 5.76. The summed E-state index contributed by atoms with van der Waals surface area (Å²) in [5, 5.41) is 11.9. The van der Waals surface area contributed by atoms with Gasteiger partial charge in [0.25, 0.3) is 0 Å². The molecule has 1 fully saturated rings. The summed E-state index contributed by atoms with van der Waals surface area (Å²) in [7, 11) is 0. The summed E-state index contributed by atoms with van der Waals surface area (Å²) in [6.07, 6.45) is 0.508. The number of benzene rings is 1. The minimum Gasteiger partial charge on any atom is -0.314 e. The highest BCUT2D eigenvalue weighted by atomic mass is 15.2. The summed E-state index contributed by atoms with van der Waals surface area (Å²) in [5.74, 6) is 0. The lowest BCUT2D eigenvalue weighted by Crippen LogP contribution is -2.42. The Morgan fingerprint density at radius 3 is 2.38 bits per heavy atom. The molecule has 1 heterocycles. The lowest BCUT2D eigenvalue weighted by atomic mass is 10.1. The van der Waals surface area contributed by atoms with Gasteiger partial charge < -0.3 is 5.32 Å². The number of nitriles is 1. The van der Waals surface area contributed by atoms with E-state index < -0.39 is 0 Å². The van der Waals surface area contributed by atoms with Gasteiger partial charge in [-0.3, -0.25) is 4.90 Å². The largest absolute Gasteiger partial charge is 0.314 e. The molecule has 0 unspecified atom stereocenters. The zero-order valence-electron chi connectivity index (χ0n) is 9.45. The second-order valence-corrected chi connectivity index (χ2v) is 4.18. The predicted molar refractivity (Wildman–Crippen MR) is 63.9 cm³/mol. The van der Waals surface area contributed by atoms with E-state index in [0.717, 1.165) is 38.3 Å². The van der Waals surface area contributed by atoms with Crippen molar-refractivity contribution in [2.24, 2.45) is 0 Å². The zero-order valence-corrected chi connectivity index (χ0v) is 9.45. The molecule has 0 saturated carbocycles. The van der Waals surface area contributed by atoms with Gasteiger partial charge in [0.05, 0.1) is 12.5 Å². The van der Waals surface area contributed by atoms with Gasteiger partial charge in [0.2, 0.25) is 0 Å². The van der Waals surface area contributed by atoms with Crippen LogP contribution in [0.1, 0.15) is 11.1 Å². The standard InChI is InChI=1S/C13H17N3/c14-6-5-12-1-3-13(4-2-12)11-16-9-7-15-8-10-16/h1-4,15H,5,7-11H2. The van der Waals surface area contributed by atoms with Crippen molar-refractivity contribution in [2.75, 3.05) is 26.2 Å². The normalized spacial score (nSPS) is 16.9. The van der Waals surface area contributed by atoms with E-state index in [1.165, 1.54) is 5.56 Å². The quantitative estimate of drug-likeness (QED) is 0.822. The van der Waals surface area contributed by atoms with E-state index in [2.05, 4.69) is 40.6 Å². The Kier molecular flexibility index (Phi) is 3.92. The lowest BCUT2D eigenvalue weighted by molar-refractivity contribution is 0.233. The van der Waals surface area contributed by atoms with Crippen LogP contribution in [0, 0.1) is 11.3 Å². The molecule has 1 saturated heterocycles. The third-order valence-corrected chi connectivity index (χ3v) is 2.92. The first kappa shape index (κ1) is 11.1. The van der Waals surface area contributed by atoms with Gasteiger partial charge in [-0.25, -0.2) is 0 Å². The Labute approximate surface area is 96.7 Å². The summed E-state index contributed by atoms with van der Waals surface area (Å²) < 4.78 is 0. The van der Waals surface area contributed by atoms with Crippen molar-refractivity contribution in [2.45, 2.75) is 13.0 Å². The van der Waals surface area contributed by atoms with Gasteiger partial charge in [-0.2, -0.15) is 5.26 Å². The fraction of sp³-hybridized carbons (Fsp3) is 0.462. The van der Waals surface area contributed by atoms with Crippen LogP contribution in [0.3, 0.4) is 0 Å². The number of piperazine rings is 1. The monoisotopic (exact) mass is 215 g/mol. The molecule has 0 amide bonds. The third kappa shape index (κ3) is 3.06. The molecule has 0 spiro atoms. The number of hydrogen-bond acceptors (Lipinski definition) is 3. The van der Waals surface area contributed by atoms with E-state index in [9.17, 15) is 0 Å². The molecule has 16 heavy (non-hydrogen) atoms. The summed E-state index contributed by atoms with van der Waals surface area (Å²) in [4.78, 5) is 2.45. The topological polar surface area (TPSA) is 39.1 Å². The van der Waals surface area contributed by atoms with Crippen molar-refractivity contribution in [3.05, 3.63) is 35.4 Å². The van der Waals surface area contributed by atoms with Gasteiger partial charge in [0, 0.05) is 32.7 Å². The average Bonchev–Trinajstić information content (AvgIpc) is 2.33. The maximum absolute atomic E-state index is 8.58. The molecular formula is C13H17N3. The highest BCUT2D eigenvalue weighted by Crippen LogP contribution is 2.08. The molecule has 1 aromatic rings. The number of hydrogen-bond donors (Lipinski definition) is 1. The molecule has 84 valence electrons. The third-order valence-electron chi connectivity index (χ3n) is 2.92. The van der Waals surface area contributed by atoms with Gasteiger partial charge >= 0.3 is 0 Å². The van der Waals surface area contributed by atoms with Crippen LogP contribution in [0.25, 0.3) is 0 Å². The molecule has 2 rings (SSSR count). The van der Waals surface area contributed by atoms with Crippen molar-refractivity contribution in [1.82, 2.24) is 10.2 Å². The van der Waals surface area contributed by atoms with Gasteiger partial charge in [-0.1, -0.05) is 24.3 Å². The van der Waals surface area contributed by atoms with Crippen molar-refractivity contribution in [3.8, 4) is 6.07 Å². The minimum atomic E-state index is 0.508. The molecule has 0 aliphatic carbocycles. The van der Waals surface area contributed by atoms with Crippen LogP contribution in [0.4, 0.5) is 0 Å². The number of nitrogens with one attached hydrogen (secondary N) is 1. The molecule has 1 aliphatic heterocycles. The first-order chi connectivity index (χ1) is 7.88. The van der Waals surface area contributed by atoms with Crippen LogP contribution in [-0.2, 0) is 13.0 Å². The first-order valence-electron chi connectivity index (χ1n) is 5.76. The van der Waals surface area contributed by atoms with Gasteiger partial charge in [0.15, 0.2) is 0 Å². The summed E-state index contributed by atoms with van der Waals surface area (Å²) in [6.45, 7) is 5.45. The maximum atomic E-state index is 8.58. The summed E-state index contributed by atoms with van der Waals surface area (Å²) in [5.41, 5.74) is 2.44. The minimum absolute atomic E-state index is 0.508. The Balaban J connectivity index is 1.91. The van der Waals surface area contributed by atoms with E-state index in [1.54, 1.807) is 0 Å². The zero-order chi connectivity index (χ0) is 11.2. The fourth-order valence-corrected chi connectivity index (χ4v) is 1.98. The molecule has 1 N–H and O–H groups in total. The number of nitrogens with zero attached hydrogens (tertiary/aromatic N) is 2. The van der Waals surface area contributed by atoms with Crippen molar-refractivity contribution < 1.29 is 0 Å². The Bertz CT molecular complexity index is 358. The van der Waals surface area contributed by atoms with Crippen molar-refractivity contribution in [3.63, 3.8) is 0 Å². The second-order valence-electron chi connectivity index (χ2n) is 4.18.